The second-order valence-corrected chi connectivity index (χ2v) is 12.9. The van der Waals surface area contributed by atoms with Crippen molar-refractivity contribution in [2.45, 2.75) is 71.8 Å². The van der Waals surface area contributed by atoms with Crippen LogP contribution >= 0.6 is 0 Å². The average Bonchev–Trinajstić information content (AvgIpc) is 3.70. The molecule has 3 aliphatic heterocycles. The van der Waals surface area contributed by atoms with Gasteiger partial charge in [0, 0.05) is 56.1 Å². The number of aryl methyl sites for hydroxylation is 1. The summed E-state index contributed by atoms with van der Waals surface area (Å²) in [6.45, 7) is 11.7. The molecule has 1 unspecified atom stereocenters. The van der Waals surface area contributed by atoms with Gasteiger partial charge in [-0.15, -0.1) is 0 Å². The largest absolute Gasteiger partial charge is 0.464 e. The lowest BCUT2D eigenvalue weighted by atomic mass is 9.99. The minimum atomic E-state index is -1.03. The highest BCUT2D eigenvalue weighted by molar-refractivity contribution is 6.02. The average molecular weight is 618 g/mol. The summed E-state index contributed by atoms with van der Waals surface area (Å²) in [5.41, 5.74) is 3.91. The molecule has 0 spiro atoms. The molecule has 3 aliphatic rings. The van der Waals surface area contributed by atoms with Crippen molar-refractivity contribution < 1.29 is 28.2 Å². The number of imidazole rings is 1. The zero-order chi connectivity index (χ0) is 31.9. The Bertz CT molecular complexity index is 1600. The van der Waals surface area contributed by atoms with E-state index < -0.39 is 29.3 Å². The van der Waals surface area contributed by atoms with E-state index in [0.29, 0.717) is 24.3 Å². The molecule has 3 aromatic rings. The maximum atomic E-state index is 15.6. The number of piperazine rings is 1. The van der Waals surface area contributed by atoms with Crippen LogP contribution in [0.4, 0.5) is 9.18 Å². The van der Waals surface area contributed by atoms with Gasteiger partial charge in [0.05, 0.1) is 25.2 Å². The Morgan fingerprint density at radius 3 is 2.44 bits per heavy atom. The molecular weight excluding hydrogens is 577 g/mol. The summed E-state index contributed by atoms with van der Waals surface area (Å²) >= 11 is 0. The number of hydrogen-bond acceptors (Lipinski definition) is 7. The molecule has 2 amide bonds. The highest BCUT2D eigenvalue weighted by atomic mass is 19.1. The zero-order valence-corrected chi connectivity index (χ0v) is 26.3. The molecule has 2 aromatic carbocycles. The highest BCUT2D eigenvalue weighted by Crippen LogP contribution is 2.37. The molecule has 1 atom stereocenters. The molecular formula is C34H40FN5O5. The topological polar surface area (TPSA) is 97.2 Å². The Morgan fingerprint density at radius 2 is 1.76 bits per heavy atom. The first-order chi connectivity index (χ1) is 21.5. The summed E-state index contributed by atoms with van der Waals surface area (Å²) in [5.74, 6) is -1.46. The van der Waals surface area contributed by atoms with E-state index >= 15 is 4.39 Å². The molecule has 0 aliphatic carbocycles. The second-order valence-electron chi connectivity index (χ2n) is 12.9. The normalized spacial score (nSPS) is 17.3. The summed E-state index contributed by atoms with van der Waals surface area (Å²) in [6, 6.07) is 10.0. The van der Waals surface area contributed by atoms with E-state index in [-0.39, 0.29) is 30.4 Å². The quantitative estimate of drug-likeness (QED) is 0.346. The van der Waals surface area contributed by atoms with Crippen LogP contribution in [0, 0.1) is 5.82 Å². The van der Waals surface area contributed by atoms with Crippen molar-refractivity contribution in [3.63, 3.8) is 0 Å². The Morgan fingerprint density at radius 1 is 1.02 bits per heavy atom. The molecule has 0 saturated carbocycles. The van der Waals surface area contributed by atoms with Crippen LogP contribution < -0.4 is 0 Å². The maximum Gasteiger partial charge on any atom is 0.410 e. The van der Waals surface area contributed by atoms with E-state index in [9.17, 15) is 14.4 Å². The lowest BCUT2D eigenvalue weighted by molar-refractivity contribution is -0.149. The third kappa shape index (κ3) is 6.31. The molecule has 11 heteroatoms. The van der Waals surface area contributed by atoms with Gasteiger partial charge >= 0.3 is 12.1 Å². The van der Waals surface area contributed by atoms with Crippen LogP contribution in [0.5, 0.6) is 0 Å². The van der Waals surface area contributed by atoms with Crippen LogP contribution in [0.15, 0.2) is 42.7 Å². The van der Waals surface area contributed by atoms with Crippen LogP contribution in [-0.2, 0) is 40.3 Å². The molecule has 10 nitrogen and oxygen atoms in total. The molecule has 6 rings (SSSR count). The molecule has 238 valence electrons. The Labute approximate surface area is 262 Å². The number of ether oxygens (including phenoxy) is 2. The molecule has 0 radical (unpaired) electrons. The summed E-state index contributed by atoms with van der Waals surface area (Å²) in [7, 11) is 0. The third-order valence-corrected chi connectivity index (χ3v) is 8.60. The maximum absolute atomic E-state index is 15.6. The van der Waals surface area contributed by atoms with Crippen LogP contribution in [0.1, 0.15) is 73.0 Å². The Hall–Kier alpha value is -4.25. The number of fused-ring (bicyclic) bond motifs is 2. The lowest BCUT2D eigenvalue weighted by Crippen LogP contribution is -2.49. The monoisotopic (exact) mass is 617 g/mol. The van der Waals surface area contributed by atoms with Gasteiger partial charge in [0.1, 0.15) is 11.4 Å². The van der Waals surface area contributed by atoms with Crippen molar-refractivity contribution in [1.82, 2.24) is 24.3 Å². The fourth-order valence-corrected chi connectivity index (χ4v) is 6.38. The molecule has 1 fully saturated rings. The van der Waals surface area contributed by atoms with Gasteiger partial charge in [-0.2, -0.15) is 0 Å². The number of benzene rings is 2. The summed E-state index contributed by atoms with van der Waals surface area (Å²) < 4.78 is 28.4. The fraction of sp³-hybridized carbons (Fsp3) is 0.471. The number of amides is 2. The number of esters is 1. The number of rotatable bonds is 7. The van der Waals surface area contributed by atoms with E-state index in [1.54, 1.807) is 24.2 Å². The summed E-state index contributed by atoms with van der Waals surface area (Å²) in [6.07, 6.45) is 3.12. The van der Waals surface area contributed by atoms with E-state index in [0.717, 1.165) is 55.8 Å². The number of hydrogen-bond donors (Lipinski definition) is 0. The SMILES string of the molecule is CCOC(=O)C(c1ncn2c1CCC2)N1Cc2c(F)cc(-c3ccc(CN4CCN(C(=O)OC(C)(C)C)CC4)cc3)cc2C1=O. The Kier molecular flexibility index (Phi) is 8.39. The van der Waals surface area contributed by atoms with Crippen molar-refractivity contribution in [1.29, 1.82) is 0 Å². The van der Waals surface area contributed by atoms with E-state index in [1.807, 2.05) is 49.6 Å². The number of carbonyl (C=O) groups excluding carboxylic acids is 3. The standard InChI is InChI=1S/C34H40FN5O5/c1-5-44-32(42)30(29-28-7-6-12-39(28)21-36-29)40-20-26-25(31(40)41)17-24(18-27(26)35)23-10-8-22(9-11-23)19-37-13-15-38(16-14-37)33(43)45-34(2,3)4/h8-11,17-18,21,30H,5-7,12-16,19-20H2,1-4H3. The predicted molar refractivity (Wildman–Crippen MR) is 165 cm³/mol. The fourth-order valence-electron chi connectivity index (χ4n) is 6.38. The minimum absolute atomic E-state index is 0.0316. The van der Waals surface area contributed by atoms with Gasteiger partial charge < -0.3 is 23.8 Å². The van der Waals surface area contributed by atoms with Gasteiger partial charge in [-0.3, -0.25) is 9.69 Å². The molecule has 1 aromatic heterocycles. The van der Waals surface area contributed by atoms with Gasteiger partial charge in [0.25, 0.3) is 5.91 Å². The van der Waals surface area contributed by atoms with Crippen molar-refractivity contribution in [3.05, 3.63) is 76.6 Å². The van der Waals surface area contributed by atoms with Crippen molar-refractivity contribution >= 4 is 18.0 Å². The third-order valence-electron chi connectivity index (χ3n) is 8.60. The van der Waals surface area contributed by atoms with Crippen molar-refractivity contribution in [3.8, 4) is 11.1 Å². The number of carbonyl (C=O) groups is 3. The lowest BCUT2D eigenvalue weighted by Gasteiger charge is -2.35. The van der Waals surface area contributed by atoms with Crippen LogP contribution in [0.2, 0.25) is 0 Å². The molecule has 4 heterocycles. The Balaban J connectivity index is 1.15. The predicted octanol–water partition coefficient (Wildman–Crippen LogP) is 4.95. The number of nitrogens with zero attached hydrogens (tertiary/aromatic N) is 5. The number of halogens is 1. The van der Waals surface area contributed by atoms with Crippen LogP contribution in [0.25, 0.3) is 11.1 Å². The van der Waals surface area contributed by atoms with Crippen LogP contribution in [0.3, 0.4) is 0 Å². The summed E-state index contributed by atoms with van der Waals surface area (Å²) in [5, 5.41) is 0. The molecule has 1 saturated heterocycles. The minimum Gasteiger partial charge on any atom is -0.464 e. The zero-order valence-electron chi connectivity index (χ0n) is 26.3. The first-order valence-corrected chi connectivity index (χ1v) is 15.7. The summed E-state index contributed by atoms with van der Waals surface area (Å²) in [4.78, 5) is 49.2. The molecule has 0 N–H and O–H groups in total. The van der Waals surface area contributed by atoms with E-state index in [2.05, 4.69) is 9.88 Å². The molecule has 45 heavy (non-hydrogen) atoms. The smallest absolute Gasteiger partial charge is 0.410 e. The van der Waals surface area contributed by atoms with Crippen molar-refractivity contribution in [2.75, 3.05) is 32.8 Å². The van der Waals surface area contributed by atoms with Gasteiger partial charge in [-0.05, 0) is 69.4 Å². The second kappa shape index (κ2) is 12.3. The van der Waals surface area contributed by atoms with Crippen molar-refractivity contribution in [2.24, 2.45) is 0 Å². The van der Waals surface area contributed by atoms with Gasteiger partial charge in [-0.25, -0.2) is 19.0 Å². The van der Waals surface area contributed by atoms with E-state index in [1.165, 1.54) is 11.0 Å². The first-order valence-electron chi connectivity index (χ1n) is 15.7. The number of aromatic nitrogens is 2. The first kappa shape index (κ1) is 30.8. The van der Waals surface area contributed by atoms with E-state index in [4.69, 9.17) is 9.47 Å². The van der Waals surface area contributed by atoms with Gasteiger partial charge in [-0.1, -0.05) is 24.3 Å². The van der Waals surface area contributed by atoms with Gasteiger partial charge in [0.2, 0.25) is 0 Å². The highest BCUT2D eigenvalue weighted by Gasteiger charge is 2.42. The van der Waals surface area contributed by atoms with Crippen LogP contribution in [-0.4, -0.2) is 80.6 Å². The van der Waals surface area contributed by atoms with Gasteiger partial charge in [0.15, 0.2) is 6.04 Å². The molecule has 0 bridgehead atoms.